The Morgan fingerprint density at radius 2 is 1.94 bits per heavy atom. The highest BCUT2D eigenvalue weighted by Gasteiger charge is 2.13. The number of hydrazine groups is 1. The van der Waals surface area contributed by atoms with Crippen LogP contribution in [0.1, 0.15) is 17.3 Å². The summed E-state index contributed by atoms with van der Waals surface area (Å²) in [7, 11) is 0. The van der Waals surface area contributed by atoms with Crippen LogP contribution < -0.4 is 11.3 Å². The quantitative estimate of drug-likeness (QED) is 0.627. The lowest BCUT2D eigenvalue weighted by molar-refractivity contribution is 0.618. The molecule has 2 rings (SSSR count). The van der Waals surface area contributed by atoms with Crippen LogP contribution in [-0.4, -0.2) is 9.97 Å². The molecule has 1 heterocycles. The van der Waals surface area contributed by atoms with Crippen molar-refractivity contribution in [2.24, 2.45) is 5.84 Å². The van der Waals surface area contributed by atoms with Gasteiger partial charge >= 0.3 is 0 Å². The molecule has 1 aromatic carbocycles. The predicted molar refractivity (Wildman–Crippen MR) is 62.7 cm³/mol. The molecule has 0 aliphatic carbocycles. The molecule has 0 aliphatic rings. The van der Waals surface area contributed by atoms with Crippen molar-refractivity contribution in [2.45, 2.75) is 6.04 Å². The van der Waals surface area contributed by atoms with Gasteiger partial charge < -0.3 is 0 Å². The maximum Gasteiger partial charge on any atom is 0.0897 e. The van der Waals surface area contributed by atoms with E-state index >= 15 is 0 Å². The van der Waals surface area contributed by atoms with E-state index in [1.165, 1.54) is 0 Å². The fourth-order valence-electron chi connectivity index (χ4n) is 1.47. The van der Waals surface area contributed by atoms with Gasteiger partial charge in [0, 0.05) is 17.4 Å². The lowest BCUT2D eigenvalue weighted by Gasteiger charge is -2.15. The van der Waals surface area contributed by atoms with E-state index in [9.17, 15) is 0 Å². The van der Waals surface area contributed by atoms with Crippen LogP contribution >= 0.6 is 11.6 Å². The number of nitrogens with one attached hydrogen (secondary N) is 1. The van der Waals surface area contributed by atoms with Gasteiger partial charge in [-0.3, -0.25) is 15.8 Å². The molecular weight excluding hydrogens is 224 g/mol. The van der Waals surface area contributed by atoms with Gasteiger partial charge in [-0.25, -0.2) is 5.43 Å². The van der Waals surface area contributed by atoms with Crippen LogP contribution in [-0.2, 0) is 0 Å². The summed E-state index contributed by atoms with van der Waals surface area (Å²) in [6.07, 6.45) is 4.94. The summed E-state index contributed by atoms with van der Waals surface area (Å²) >= 11 is 5.83. The van der Waals surface area contributed by atoms with Crippen molar-refractivity contribution in [2.75, 3.05) is 0 Å². The van der Waals surface area contributed by atoms with Crippen molar-refractivity contribution in [3.8, 4) is 0 Å². The molecule has 16 heavy (non-hydrogen) atoms. The highest BCUT2D eigenvalue weighted by Crippen LogP contribution is 2.20. The van der Waals surface area contributed by atoms with E-state index in [0.29, 0.717) is 5.02 Å². The van der Waals surface area contributed by atoms with Crippen molar-refractivity contribution in [1.82, 2.24) is 15.4 Å². The second-order valence-electron chi connectivity index (χ2n) is 3.28. The fraction of sp³-hybridized carbons (Fsp3) is 0.0909. The number of nitrogens with zero attached hydrogens (tertiary/aromatic N) is 2. The maximum absolute atomic E-state index is 5.83. The monoisotopic (exact) mass is 234 g/mol. The second kappa shape index (κ2) is 5.03. The van der Waals surface area contributed by atoms with E-state index in [1.54, 1.807) is 18.6 Å². The van der Waals surface area contributed by atoms with Crippen LogP contribution in [0.3, 0.4) is 0 Å². The van der Waals surface area contributed by atoms with E-state index in [1.807, 2.05) is 24.3 Å². The molecule has 0 fully saturated rings. The minimum Gasteiger partial charge on any atom is -0.271 e. The highest BCUT2D eigenvalue weighted by molar-refractivity contribution is 6.30. The molecule has 1 atom stereocenters. The molecule has 0 amide bonds. The molecule has 0 bridgehead atoms. The fourth-order valence-corrected chi connectivity index (χ4v) is 1.59. The summed E-state index contributed by atoms with van der Waals surface area (Å²) in [6.45, 7) is 0. The van der Waals surface area contributed by atoms with Crippen LogP contribution in [0.25, 0.3) is 0 Å². The largest absolute Gasteiger partial charge is 0.271 e. The van der Waals surface area contributed by atoms with Gasteiger partial charge in [-0.05, 0) is 17.7 Å². The smallest absolute Gasteiger partial charge is 0.0897 e. The number of rotatable bonds is 3. The van der Waals surface area contributed by atoms with Gasteiger partial charge in [-0.1, -0.05) is 23.7 Å². The van der Waals surface area contributed by atoms with Crippen molar-refractivity contribution in [1.29, 1.82) is 0 Å². The van der Waals surface area contributed by atoms with E-state index in [2.05, 4.69) is 15.4 Å². The summed E-state index contributed by atoms with van der Waals surface area (Å²) < 4.78 is 0. The average molecular weight is 235 g/mol. The van der Waals surface area contributed by atoms with Crippen molar-refractivity contribution in [3.05, 3.63) is 59.1 Å². The minimum atomic E-state index is -0.175. The third-order valence-electron chi connectivity index (χ3n) is 2.25. The summed E-state index contributed by atoms with van der Waals surface area (Å²) in [5.74, 6) is 5.52. The Bertz CT molecular complexity index is 443. The molecule has 1 aromatic heterocycles. The normalized spacial score (nSPS) is 12.4. The third kappa shape index (κ3) is 2.36. The zero-order valence-electron chi connectivity index (χ0n) is 8.47. The molecule has 4 nitrogen and oxygen atoms in total. The van der Waals surface area contributed by atoms with Crippen molar-refractivity contribution in [3.63, 3.8) is 0 Å². The first-order valence-corrected chi connectivity index (χ1v) is 5.16. The van der Waals surface area contributed by atoms with Crippen LogP contribution in [0.5, 0.6) is 0 Å². The van der Waals surface area contributed by atoms with Gasteiger partial charge in [0.05, 0.1) is 17.9 Å². The minimum absolute atomic E-state index is 0.175. The van der Waals surface area contributed by atoms with Gasteiger partial charge in [0.15, 0.2) is 0 Å². The summed E-state index contributed by atoms with van der Waals surface area (Å²) in [4.78, 5) is 8.22. The van der Waals surface area contributed by atoms with Gasteiger partial charge in [-0.15, -0.1) is 0 Å². The van der Waals surface area contributed by atoms with Gasteiger partial charge in [-0.2, -0.15) is 0 Å². The van der Waals surface area contributed by atoms with Crippen LogP contribution in [0, 0.1) is 0 Å². The Labute approximate surface area is 98.5 Å². The van der Waals surface area contributed by atoms with E-state index in [4.69, 9.17) is 17.4 Å². The molecule has 0 aliphatic heterocycles. The number of benzene rings is 1. The average Bonchev–Trinajstić information content (AvgIpc) is 2.34. The van der Waals surface area contributed by atoms with Crippen molar-refractivity contribution >= 4 is 11.6 Å². The molecule has 1 unspecified atom stereocenters. The molecule has 5 heteroatoms. The van der Waals surface area contributed by atoms with Gasteiger partial charge in [0.25, 0.3) is 0 Å². The third-order valence-corrected chi connectivity index (χ3v) is 2.50. The van der Waals surface area contributed by atoms with E-state index in [0.717, 1.165) is 11.3 Å². The molecule has 2 aromatic rings. The number of hydrogen-bond acceptors (Lipinski definition) is 4. The first-order chi connectivity index (χ1) is 7.81. The molecule has 0 saturated heterocycles. The summed E-state index contributed by atoms with van der Waals surface area (Å²) in [5.41, 5.74) is 4.47. The standard InChI is InChI=1S/C11H11ClN4/c12-9-3-1-8(2-4-9)11(16-13)10-7-14-5-6-15-10/h1-7,11,16H,13H2. The zero-order valence-corrected chi connectivity index (χ0v) is 9.22. The lowest BCUT2D eigenvalue weighted by atomic mass is 10.1. The zero-order chi connectivity index (χ0) is 11.4. The Hall–Kier alpha value is -1.49. The van der Waals surface area contributed by atoms with E-state index < -0.39 is 0 Å². The number of nitrogens with two attached hydrogens (primary N) is 1. The molecule has 0 saturated carbocycles. The maximum atomic E-state index is 5.83. The lowest BCUT2D eigenvalue weighted by Crippen LogP contribution is -2.29. The van der Waals surface area contributed by atoms with Crippen LogP contribution in [0.4, 0.5) is 0 Å². The Morgan fingerprint density at radius 1 is 1.19 bits per heavy atom. The molecule has 0 spiro atoms. The SMILES string of the molecule is NNC(c1ccc(Cl)cc1)c1cnccn1. The van der Waals surface area contributed by atoms with Crippen LogP contribution in [0.2, 0.25) is 5.02 Å². The van der Waals surface area contributed by atoms with Crippen LogP contribution in [0.15, 0.2) is 42.9 Å². The van der Waals surface area contributed by atoms with E-state index in [-0.39, 0.29) is 6.04 Å². The number of hydrogen-bond donors (Lipinski definition) is 2. The summed E-state index contributed by atoms with van der Waals surface area (Å²) in [6, 6.07) is 7.27. The topological polar surface area (TPSA) is 63.8 Å². The number of halogens is 1. The first kappa shape index (κ1) is 11.0. The molecule has 0 radical (unpaired) electrons. The van der Waals surface area contributed by atoms with Gasteiger partial charge in [0.1, 0.15) is 0 Å². The summed E-state index contributed by atoms with van der Waals surface area (Å²) in [5, 5.41) is 0.693. The second-order valence-corrected chi connectivity index (χ2v) is 3.72. The predicted octanol–water partition coefficient (Wildman–Crippen LogP) is 1.68. The molecule has 82 valence electrons. The Balaban J connectivity index is 2.33. The number of aromatic nitrogens is 2. The van der Waals surface area contributed by atoms with Gasteiger partial charge in [0.2, 0.25) is 0 Å². The van der Waals surface area contributed by atoms with Crippen molar-refractivity contribution < 1.29 is 0 Å². The Morgan fingerprint density at radius 3 is 2.50 bits per heavy atom. The molecule has 3 N–H and O–H groups in total. The Kier molecular flexibility index (Phi) is 3.46. The molecular formula is C11H11ClN4. The highest BCUT2D eigenvalue weighted by atomic mass is 35.5. The first-order valence-electron chi connectivity index (χ1n) is 4.79.